The SMILES string of the molecule is CC1(C)c2ccccc2-c2ccc(N(c3cccc(-c4cccc5c4oc4ccccc45)c3)c3ccc4c(c3)C(c3ccccc3)(c3ccccc3)c3ccc(-c5cccc6c5oc5ccccc56)cc3-4)cc21. The van der Waals surface area contributed by atoms with Crippen LogP contribution >= 0.6 is 0 Å². The zero-order valence-corrected chi connectivity index (χ0v) is 40.4. The van der Waals surface area contributed by atoms with Gasteiger partial charge in [0, 0.05) is 55.1 Å². The Morgan fingerprint density at radius 3 is 1.42 bits per heavy atom. The van der Waals surface area contributed by atoms with E-state index in [1.807, 2.05) is 12.1 Å². The first-order valence-corrected chi connectivity index (χ1v) is 25.3. The van der Waals surface area contributed by atoms with Crippen LogP contribution in [0.5, 0.6) is 0 Å². The van der Waals surface area contributed by atoms with Crippen molar-refractivity contribution in [1.82, 2.24) is 0 Å². The highest BCUT2D eigenvalue weighted by atomic mass is 16.3. The summed E-state index contributed by atoms with van der Waals surface area (Å²) in [4.78, 5) is 2.47. The monoisotopic (exact) mass is 933 g/mol. The molecule has 0 aliphatic heterocycles. The second-order valence-electron chi connectivity index (χ2n) is 20.3. The molecule has 3 nitrogen and oxygen atoms in total. The van der Waals surface area contributed by atoms with E-state index in [0.29, 0.717) is 0 Å². The third-order valence-electron chi connectivity index (χ3n) is 16.2. The summed E-state index contributed by atoms with van der Waals surface area (Å²) in [6.07, 6.45) is 0. The Labute approximate surface area is 423 Å². The number of hydrogen-bond donors (Lipinski definition) is 0. The van der Waals surface area contributed by atoms with E-state index in [9.17, 15) is 0 Å². The lowest BCUT2D eigenvalue weighted by molar-refractivity contribution is 0.660. The van der Waals surface area contributed by atoms with Crippen LogP contribution in [-0.2, 0) is 10.8 Å². The number of nitrogens with zero attached hydrogens (tertiary/aromatic N) is 1. The van der Waals surface area contributed by atoms with E-state index < -0.39 is 5.41 Å². The van der Waals surface area contributed by atoms with Crippen LogP contribution in [0.1, 0.15) is 47.2 Å². The van der Waals surface area contributed by atoms with Crippen molar-refractivity contribution in [2.24, 2.45) is 0 Å². The minimum Gasteiger partial charge on any atom is -0.455 e. The van der Waals surface area contributed by atoms with Crippen LogP contribution in [0, 0.1) is 0 Å². The van der Waals surface area contributed by atoms with E-state index in [4.69, 9.17) is 8.83 Å². The summed E-state index contributed by atoms with van der Waals surface area (Å²) in [5, 5.41) is 4.49. The van der Waals surface area contributed by atoms with Gasteiger partial charge in [0.15, 0.2) is 0 Å². The second kappa shape index (κ2) is 15.7. The summed E-state index contributed by atoms with van der Waals surface area (Å²) in [5.74, 6) is 0. The highest BCUT2D eigenvalue weighted by Gasteiger charge is 2.47. The summed E-state index contributed by atoms with van der Waals surface area (Å²) < 4.78 is 13.3. The smallest absolute Gasteiger partial charge is 0.143 e. The lowest BCUT2D eigenvalue weighted by Crippen LogP contribution is -2.28. The number of rotatable bonds is 7. The van der Waals surface area contributed by atoms with Gasteiger partial charge >= 0.3 is 0 Å². The fourth-order valence-corrected chi connectivity index (χ4v) is 12.8. The maximum absolute atomic E-state index is 6.65. The first-order chi connectivity index (χ1) is 35.9. The fraction of sp³-hybridized carbons (Fsp3) is 0.0571. The molecule has 0 bridgehead atoms. The molecule has 0 radical (unpaired) electrons. The first-order valence-electron chi connectivity index (χ1n) is 25.3. The molecule has 0 N–H and O–H groups in total. The molecule has 0 atom stereocenters. The summed E-state index contributed by atoms with van der Waals surface area (Å²) in [6.45, 7) is 4.73. The van der Waals surface area contributed by atoms with Crippen molar-refractivity contribution < 1.29 is 8.83 Å². The van der Waals surface area contributed by atoms with E-state index in [1.54, 1.807) is 0 Å². The Bertz CT molecular complexity index is 4320. The molecule has 344 valence electrons. The molecule has 0 fully saturated rings. The maximum Gasteiger partial charge on any atom is 0.143 e. The minimum atomic E-state index is -0.640. The molecule has 11 aromatic carbocycles. The van der Waals surface area contributed by atoms with Gasteiger partial charge in [0.1, 0.15) is 22.3 Å². The summed E-state index contributed by atoms with van der Waals surface area (Å²) in [6, 6.07) is 91.2. The van der Waals surface area contributed by atoms with Crippen molar-refractivity contribution in [2.45, 2.75) is 24.7 Å². The van der Waals surface area contributed by atoms with Gasteiger partial charge in [0.05, 0.1) is 5.41 Å². The van der Waals surface area contributed by atoms with Crippen LogP contribution in [-0.4, -0.2) is 0 Å². The molecular formula is C70H47NO2. The summed E-state index contributed by atoms with van der Waals surface area (Å²) in [5.41, 5.74) is 23.0. The van der Waals surface area contributed by atoms with Crippen LogP contribution in [0.3, 0.4) is 0 Å². The van der Waals surface area contributed by atoms with Crippen molar-refractivity contribution in [1.29, 1.82) is 0 Å². The molecule has 3 heteroatoms. The number of hydrogen-bond acceptors (Lipinski definition) is 3. The predicted octanol–water partition coefficient (Wildman–Crippen LogP) is 19.0. The normalized spacial score (nSPS) is 13.8. The molecule has 2 aromatic heterocycles. The molecule has 73 heavy (non-hydrogen) atoms. The lowest BCUT2D eigenvalue weighted by atomic mass is 9.67. The topological polar surface area (TPSA) is 29.5 Å². The van der Waals surface area contributed by atoms with E-state index >= 15 is 0 Å². The van der Waals surface area contributed by atoms with Gasteiger partial charge in [-0.25, -0.2) is 0 Å². The van der Waals surface area contributed by atoms with E-state index in [1.165, 1.54) is 55.6 Å². The standard InChI is InChI=1S/C70H47NO2/c1-69(2)61-31-12-9-24-53(61)54-37-35-49(42-63(54)69)71(48-23-15-18-44(40-48)51-27-16-29-58-56-25-10-13-32-65(56)72-67(51)58)50-36-38-55-60-41-45(52-28-17-30-59-57-26-11-14-33-66(57)73-68(52)59)34-39-62(60)70(64(55)43-50,46-19-5-3-6-20-46)47-21-7-4-8-22-47/h3-43H,1-2H3. The molecular weight excluding hydrogens is 887 g/mol. The Balaban J connectivity index is 0.976. The Morgan fingerprint density at radius 2 is 0.781 bits per heavy atom. The van der Waals surface area contributed by atoms with Crippen molar-refractivity contribution in [3.63, 3.8) is 0 Å². The second-order valence-corrected chi connectivity index (χ2v) is 20.3. The van der Waals surface area contributed by atoms with Crippen LogP contribution in [0.2, 0.25) is 0 Å². The largest absolute Gasteiger partial charge is 0.455 e. The Kier molecular flexibility index (Phi) is 8.92. The highest BCUT2D eigenvalue weighted by Crippen LogP contribution is 2.59. The zero-order chi connectivity index (χ0) is 48.4. The van der Waals surface area contributed by atoms with Crippen molar-refractivity contribution in [2.75, 3.05) is 4.90 Å². The van der Waals surface area contributed by atoms with Gasteiger partial charge in [0.2, 0.25) is 0 Å². The molecule has 0 saturated carbocycles. The van der Waals surface area contributed by atoms with Crippen LogP contribution in [0.15, 0.2) is 258 Å². The number of fused-ring (bicyclic) bond motifs is 12. The minimum absolute atomic E-state index is 0.188. The van der Waals surface area contributed by atoms with Gasteiger partial charge in [-0.3, -0.25) is 0 Å². The van der Waals surface area contributed by atoms with Gasteiger partial charge < -0.3 is 13.7 Å². The van der Waals surface area contributed by atoms with E-state index in [-0.39, 0.29) is 5.41 Å². The number of anilines is 3. The summed E-state index contributed by atoms with van der Waals surface area (Å²) in [7, 11) is 0. The average molecular weight is 934 g/mol. The average Bonchev–Trinajstić information content (AvgIpc) is 4.17. The summed E-state index contributed by atoms with van der Waals surface area (Å²) >= 11 is 0. The molecule has 2 aliphatic carbocycles. The third-order valence-corrected chi connectivity index (χ3v) is 16.2. The molecule has 0 unspecified atom stereocenters. The number of benzene rings is 11. The van der Waals surface area contributed by atoms with Crippen molar-refractivity contribution in [3.05, 3.63) is 282 Å². The van der Waals surface area contributed by atoms with Gasteiger partial charge in [-0.15, -0.1) is 0 Å². The highest BCUT2D eigenvalue weighted by molar-refractivity contribution is 6.11. The number of furan rings is 2. The molecule has 2 heterocycles. The first kappa shape index (κ1) is 41.6. The Morgan fingerprint density at radius 1 is 0.301 bits per heavy atom. The van der Waals surface area contributed by atoms with Gasteiger partial charge in [-0.1, -0.05) is 208 Å². The molecule has 2 aliphatic rings. The van der Waals surface area contributed by atoms with E-state index in [0.717, 1.165) is 83.2 Å². The molecule has 13 aromatic rings. The van der Waals surface area contributed by atoms with Gasteiger partial charge in [0.25, 0.3) is 0 Å². The number of para-hydroxylation sites is 4. The fourth-order valence-electron chi connectivity index (χ4n) is 12.8. The van der Waals surface area contributed by atoms with Crippen LogP contribution in [0.4, 0.5) is 17.1 Å². The van der Waals surface area contributed by atoms with Gasteiger partial charge in [-0.05, 0) is 121 Å². The predicted molar refractivity (Wildman–Crippen MR) is 301 cm³/mol. The Hall–Kier alpha value is -9.18. The van der Waals surface area contributed by atoms with Crippen LogP contribution in [0.25, 0.3) is 88.4 Å². The van der Waals surface area contributed by atoms with Crippen molar-refractivity contribution >= 4 is 60.9 Å². The molecule has 0 amide bonds. The third kappa shape index (κ3) is 6.00. The van der Waals surface area contributed by atoms with Gasteiger partial charge in [-0.2, -0.15) is 0 Å². The van der Waals surface area contributed by atoms with Crippen molar-refractivity contribution in [3.8, 4) is 44.5 Å². The zero-order valence-electron chi connectivity index (χ0n) is 40.4. The maximum atomic E-state index is 6.65. The molecule has 0 saturated heterocycles. The van der Waals surface area contributed by atoms with Crippen LogP contribution < -0.4 is 4.90 Å². The molecule has 15 rings (SSSR count). The lowest BCUT2D eigenvalue weighted by Gasteiger charge is -2.35. The quantitative estimate of drug-likeness (QED) is 0.159. The van der Waals surface area contributed by atoms with E-state index in [2.05, 4.69) is 255 Å². The molecule has 0 spiro atoms.